The number of thioether (sulfide) groups is 1. The lowest BCUT2D eigenvalue weighted by atomic mass is 10.2. The Balaban J connectivity index is 1.66. The number of para-hydroxylation sites is 1. The van der Waals surface area contributed by atoms with Gasteiger partial charge in [0.15, 0.2) is 0 Å². The Kier molecular flexibility index (Phi) is 7.86. The molecule has 2 heterocycles. The molecule has 1 N–H and O–H groups in total. The molecule has 1 aromatic carbocycles. The molecular formula is C20H28N4O2S. The summed E-state index contributed by atoms with van der Waals surface area (Å²) in [5.74, 6) is 1.25. The van der Waals surface area contributed by atoms with Crippen molar-refractivity contribution >= 4 is 28.6 Å². The first-order valence-electron chi connectivity index (χ1n) is 9.71. The molecule has 0 bridgehead atoms. The SMILES string of the molecule is CCCCCNC(=O)CSc1nc(CN2CCOCC2)nc2ccccc12. The van der Waals surface area contributed by atoms with Crippen LogP contribution in [0.4, 0.5) is 0 Å². The second kappa shape index (κ2) is 10.6. The molecule has 27 heavy (non-hydrogen) atoms. The molecule has 7 heteroatoms. The molecule has 0 saturated carbocycles. The van der Waals surface area contributed by atoms with Crippen molar-refractivity contribution in [1.29, 1.82) is 0 Å². The summed E-state index contributed by atoms with van der Waals surface area (Å²) >= 11 is 1.49. The smallest absolute Gasteiger partial charge is 0.230 e. The minimum Gasteiger partial charge on any atom is -0.379 e. The Bertz CT molecular complexity index is 750. The summed E-state index contributed by atoms with van der Waals surface area (Å²) in [5.41, 5.74) is 0.932. The number of carbonyl (C=O) groups excluding carboxylic acids is 1. The van der Waals surface area contributed by atoms with Crippen LogP contribution in [-0.2, 0) is 16.1 Å². The van der Waals surface area contributed by atoms with Crippen LogP contribution >= 0.6 is 11.8 Å². The quantitative estimate of drug-likeness (QED) is 0.405. The zero-order chi connectivity index (χ0) is 18.9. The minimum absolute atomic E-state index is 0.0634. The van der Waals surface area contributed by atoms with E-state index >= 15 is 0 Å². The standard InChI is InChI=1S/C20H28N4O2S/c1-2-3-6-9-21-19(25)15-27-20-16-7-4-5-8-17(16)22-18(23-20)14-24-10-12-26-13-11-24/h4-5,7-8H,2-3,6,9-15H2,1H3,(H,21,25). The van der Waals surface area contributed by atoms with Crippen molar-refractivity contribution in [3.8, 4) is 0 Å². The number of unbranched alkanes of at least 4 members (excludes halogenated alkanes) is 2. The van der Waals surface area contributed by atoms with Crippen molar-refractivity contribution in [1.82, 2.24) is 20.2 Å². The molecule has 1 aliphatic heterocycles. The fraction of sp³-hybridized carbons (Fsp3) is 0.550. The van der Waals surface area contributed by atoms with Crippen LogP contribution in [0.25, 0.3) is 10.9 Å². The Morgan fingerprint density at radius 2 is 2.04 bits per heavy atom. The third-order valence-electron chi connectivity index (χ3n) is 4.53. The third kappa shape index (κ3) is 6.16. The number of rotatable bonds is 9. The van der Waals surface area contributed by atoms with Gasteiger partial charge in [0.2, 0.25) is 5.91 Å². The Hall–Kier alpha value is -1.70. The number of fused-ring (bicyclic) bond motifs is 1. The normalized spacial score (nSPS) is 15.1. The highest BCUT2D eigenvalue weighted by molar-refractivity contribution is 8.00. The molecule has 1 saturated heterocycles. The van der Waals surface area contributed by atoms with Crippen LogP contribution in [0, 0.1) is 0 Å². The van der Waals surface area contributed by atoms with E-state index < -0.39 is 0 Å². The lowest BCUT2D eigenvalue weighted by Crippen LogP contribution is -2.36. The summed E-state index contributed by atoms with van der Waals surface area (Å²) in [6.07, 6.45) is 3.34. The van der Waals surface area contributed by atoms with Gasteiger partial charge in [0.25, 0.3) is 0 Å². The van der Waals surface area contributed by atoms with Crippen molar-refractivity contribution < 1.29 is 9.53 Å². The van der Waals surface area contributed by atoms with Crippen molar-refractivity contribution in [2.24, 2.45) is 0 Å². The van der Waals surface area contributed by atoms with E-state index in [1.165, 1.54) is 11.8 Å². The monoisotopic (exact) mass is 388 g/mol. The number of morpholine rings is 1. The fourth-order valence-electron chi connectivity index (χ4n) is 3.02. The fourth-order valence-corrected chi connectivity index (χ4v) is 3.89. The van der Waals surface area contributed by atoms with Gasteiger partial charge in [-0.2, -0.15) is 0 Å². The number of amides is 1. The number of nitrogens with one attached hydrogen (secondary N) is 1. The van der Waals surface area contributed by atoms with Gasteiger partial charge < -0.3 is 10.1 Å². The van der Waals surface area contributed by atoms with Gasteiger partial charge in [-0.05, 0) is 12.5 Å². The maximum absolute atomic E-state index is 12.1. The summed E-state index contributed by atoms with van der Waals surface area (Å²) < 4.78 is 5.41. The molecule has 1 aromatic heterocycles. The number of benzene rings is 1. The van der Waals surface area contributed by atoms with Crippen molar-refractivity contribution in [3.63, 3.8) is 0 Å². The number of aromatic nitrogens is 2. The number of carbonyl (C=O) groups is 1. The van der Waals surface area contributed by atoms with Crippen LogP contribution in [0.5, 0.6) is 0 Å². The maximum atomic E-state index is 12.1. The van der Waals surface area contributed by atoms with Gasteiger partial charge >= 0.3 is 0 Å². The van der Waals surface area contributed by atoms with Crippen molar-refractivity contribution in [2.45, 2.75) is 37.8 Å². The lowest BCUT2D eigenvalue weighted by molar-refractivity contribution is -0.118. The highest BCUT2D eigenvalue weighted by Crippen LogP contribution is 2.25. The predicted octanol–water partition coefficient (Wildman–Crippen LogP) is 2.86. The summed E-state index contributed by atoms with van der Waals surface area (Å²) in [6, 6.07) is 8.01. The maximum Gasteiger partial charge on any atom is 0.230 e. The first-order valence-corrected chi connectivity index (χ1v) is 10.7. The summed E-state index contributed by atoms with van der Waals surface area (Å²) in [7, 11) is 0. The average Bonchev–Trinajstić information content (AvgIpc) is 2.70. The van der Waals surface area contributed by atoms with Crippen LogP contribution in [0.15, 0.2) is 29.3 Å². The molecule has 1 amide bonds. The van der Waals surface area contributed by atoms with E-state index in [1.54, 1.807) is 0 Å². The molecule has 0 spiro atoms. The van der Waals surface area contributed by atoms with Crippen molar-refractivity contribution in [3.05, 3.63) is 30.1 Å². The average molecular weight is 389 g/mol. The van der Waals surface area contributed by atoms with Gasteiger partial charge in [-0.25, -0.2) is 9.97 Å². The summed E-state index contributed by atoms with van der Waals surface area (Å²) in [4.78, 5) is 23.9. The molecular weight excluding hydrogens is 360 g/mol. The van der Waals surface area contributed by atoms with Gasteiger partial charge in [0, 0.05) is 25.0 Å². The zero-order valence-electron chi connectivity index (χ0n) is 15.9. The molecule has 0 atom stereocenters. The Morgan fingerprint density at radius 3 is 2.85 bits per heavy atom. The van der Waals surface area contributed by atoms with Gasteiger partial charge in [-0.15, -0.1) is 0 Å². The Morgan fingerprint density at radius 1 is 1.22 bits per heavy atom. The molecule has 2 aromatic rings. The van der Waals surface area contributed by atoms with Gasteiger partial charge in [-0.1, -0.05) is 49.7 Å². The van der Waals surface area contributed by atoms with E-state index in [0.29, 0.717) is 12.3 Å². The van der Waals surface area contributed by atoms with Gasteiger partial charge in [0.1, 0.15) is 10.9 Å². The highest BCUT2D eigenvalue weighted by atomic mass is 32.2. The van der Waals surface area contributed by atoms with Crippen LogP contribution in [0.2, 0.25) is 0 Å². The second-order valence-electron chi connectivity index (χ2n) is 6.70. The minimum atomic E-state index is 0.0634. The van der Waals surface area contributed by atoms with Crippen LogP contribution in [-0.4, -0.2) is 59.4 Å². The second-order valence-corrected chi connectivity index (χ2v) is 7.66. The van der Waals surface area contributed by atoms with E-state index in [9.17, 15) is 4.79 Å². The molecule has 0 aliphatic carbocycles. The molecule has 1 fully saturated rings. The van der Waals surface area contributed by atoms with Crippen molar-refractivity contribution in [2.75, 3.05) is 38.6 Å². The third-order valence-corrected chi connectivity index (χ3v) is 5.52. The first kappa shape index (κ1) is 20.0. The van der Waals surface area contributed by atoms with Crippen LogP contribution in [0.1, 0.15) is 32.0 Å². The molecule has 1 aliphatic rings. The van der Waals surface area contributed by atoms with Gasteiger partial charge in [0.05, 0.1) is 31.0 Å². The summed E-state index contributed by atoms with van der Waals surface area (Å²) in [6.45, 7) is 6.94. The lowest BCUT2D eigenvalue weighted by Gasteiger charge is -2.25. The molecule has 0 unspecified atom stereocenters. The predicted molar refractivity (Wildman–Crippen MR) is 109 cm³/mol. The summed E-state index contributed by atoms with van der Waals surface area (Å²) in [5, 5.41) is 4.88. The van der Waals surface area contributed by atoms with Crippen LogP contribution < -0.4 is 5.32 Å². The molecule has 0 radical (unpaired) electrons. The molecule has 6 nitrogen and oxygen atoms in total. The number of hydrogen-bond donors (Lipinski definition) is 1. The van der Waals surface area contributed by atoms with E-state index in [0.717, 1.165) is 73.9 Å². The topological polar surface area (TPSA) is 67.4 Å². The number of ether oxygens (including phenoxy) is 1. The Labute approximate surface area is 165 Å². The molecule has 3 rings (SSSR count). The van der Waals surface area contributed by atoms with E-state index in [4.69, 9.17) is 14.7 Å². The van der Waals surface area contributed by atoms with E-state index in [-0.39, 0.29) is 5.91 Å². The van der Waals surface area contributed by atoms with Crippen LogP contribution in [0.3, 0.4) is 0 Å². The van der Waals surface area contributed by atoms with Gasteiger partial charge in [-0.3, -0.25) is 9.69 Å². The zero-order valence-corrected chi connectivity index (χ0v) is 16.8. The molecule has 146 valence electrons. The highest BCUT2D eigenvalue weighted by Gasteiger charge is 2.15. The van der Waals surface area contributed by atoms with E-state index in [2.05, 4.69) is 17.1 Å². The van der Waals surface area contributed by atoms with E-state index in [1.807, 2.05) is 24.3 Å². The largest absolute Gasteiger partial charge is 0.379 e. The number of nitrogens with zero attached hydrogens (tertiary/aromatic N) is 3. The number of hydrogen-bond acceptors (Lipinski definition) is 6. The first-order chi connectivity index (χ1) is 13.3.